The molecule has 0 unspecified atom stereocenters. The molecule has 0 atom stereocenters. The number of hydrogen-bond acceptors (Lipinski definition) is 2. The van der Waals surface area contributed by atoms with E-state index < -0.39 is 0 Å². The van der Waals surface area contributed by atoms with E-state index in [0.717, 1.165) is 5.56 Å². The van der Waals surface area contributed by atoms with Crippen molar-refractivity contribution < 1.29 is 0 Å². The molecule has 0 aliphatic rings. The second-order valence-electron chi connectivity index (χ2n) is 2.92. The van der Waals surface area contributed by atoms with Gasteiger partial charge in [0.05, 0.1) is 0 Å². The monoisotopic (exact) mass is 209 g/mol. The van der Waals surface area contributed by atoms with E-state index in [1.807, 2.05) is 12.1 Å². The molecule has 1 aromatic heterocycles. The van der Waals surface area contributed by atoms with Gasteiger partial charge in [0.25, 0.3) is 0 Å². The van der Waals surface area contributed by atoms with Gasteiger partial charge in [-0.2, -0.15) is 5.10 Å². The Morgan fingerprint density at radius 1 is 1.36 bits per heavy atom. The van der Waals surface area contributed by atoms with Crippen LogP contribution in [0.25, 0.3) is 11.4 Å². The number of H-pyrrole nitrogens is 1. The van der Waals surface area contributed by atoms with Crippen LogP contribution in [0.5, 0.6) is 0 Å². The maximum atomic E-state index is 11.1. The quantitative estimate of drug-likeness (QED) is 0.773. The molecule has 2 rings (SSSR count). The summed E-state index contributed by atoms with van der Waals surface area (Å²) < 4.78 is 1.45. The molecule has 0 aliphatic heterocycles. The molecule has 14 heavy (non-hydrogen) atoms. The molecule has 0 saturated heterocycles. The minimum absolute atomic E-state index is 0.227. The Kier molecular flexibility index (Phi) is 2.13. The highest BCUT2D eigenvalue weighted by Gasteiger charge is 2.05. The van der Waals surface area contributed by atoms with Crippen LogP contribution in [0, 0.1) is 0 Å². The molecule has 0 radical (unpaired) electrons. The topological polar surface area (TPSA) is 50.7 Å². The van der Waals surface area contributed by atoms with Crippen molar-refractivity contribution in [2.75, 3.05) is 0 Å². The van der Waals surface area contributed by atoms with Crippen LogP contribution in [0.1, 0.15) is 0 Å². The largest absolute Gasteiger partial charge is 0.343 e. The minimum Gasteiger partial charge on any atom is -0.278 e. The number of nitrogens with zero attached hydrogens (tertiary/aromatic N) is 2. The standard InChI is InChI=1S/C9H8ClN3O/c1-13-8(11-12-9(13)14)6-2-4-7(10)5-3-6/h2-5H,1H3,(H,12,14). The second kappa shape index (κ2) is 3.31. The molecule has 0 amide bonds. The van der Waals surface area contributed by atoms with Crippen LogP contribution < -0.4 is 5.69 Å². The van der Waals surface area contributed by atoms with Crippen molar-refractivity contribution >= 4 is 11.6 Å². The van der Waals surface area contributed by atoms with Gasteiger partial charge in [0.15, 0.2) is 5.82 Å². The lowest BCUT2D eigenvalue weighted by atomic mass is 10.2. The maximum Gasteiger partial charge on any atom is 0.343 e. The zero-order valence-corrected chi connectivity index (χ0v) is 8.25. The van der Waals surface area contributed by atoms with Crippen molar-refractivity contribution in [1.29, 1.82) is 0 Å². The third-order valence-electron chi connectivity index (χ3n) is 1.98. The summed E-state index contributed by atoms with van der Waals surface area (Å²) in [6.45, 7) is 0. The van der Waals surface area contributed by atoms with Gasteiger partial charge < -0.3 is 0 Å². The average molecular weight is 210 g/mol. The summed E-state index contributed by atoms with van der Waals surface area (Å²) in [5.74, 6) is 0.603. The highest BCUT2D eigenvalue weighted by molar-refractivity contribution is 6.30. The molecular formula is C9H8ClN3O. The Morgan fingerprint density at radius 2 is 2.00 bits per heavy atom. The fraction of sp³-hybridized carbons (Fsp3) is 0.111. The fourth-order valence-electron chi connectivity index (χ4n) is 1.20. The third kappa shape index (κ3) is 1.44. The molecule has 72 valence electrons. The smallest absolute Gasteiger partial charge is 0.278 e. The number of halogens is 1. The van der Waals surface area contributed by atoms with E-state index in [0.29, 0.717) is 10.8 Å². The van der Waals surface area contributed by atoms with Gasteiger partial charge in [0.1, 0.15) is 0 Å². The van der Waals surface area contributed by atoms with Gasteiger partial charge in [-0.15, -0.1) is 0 Å². The van der Waals surface area contributed by atoms with Crippen molar-refractivity contribution in [2.24, 2.45) is 7.05 Å². The average Bonchev–Trinajstić information content (AvgIpc) is 2.50. The SMILES string of the molecule is Cn1c(-c2ccc(Cl)cc2)n[nH]c1=O. The Bertz CT molecular complexity index is 498. The van der Waals surface area contributed by atoms with E-state index in [9.17, 15) is 4.79 Å². The molecule has 4 nitrogen and oxygen atoms in total. The van der Waals surface area contributed by atoms with Gasteiger partial charge in [-0.05, 0) is 24.3 Å². The van der Waals surface area contributed by atoms with Crippen LogP contribution in [0.2, 0.25) is 5.02 Å². The van der Waals surface area contributed by atoms with Crippen LogP contribution in [-0.4, -0.2) is 14.8 Å². The second-order valence-corrected chi connectivity index (χ2v) is 3.35. The van der Waals surface area contributed by atoms with Crippen molar-refractivity contribution in [3.05, 3.63) is 39.8 Å². The molecule has 0 aliphatic carbocycles. The van der Waals surface area contributed by atoms with Gasteiger partial charge >= 0.3 is 5.69 Å². The first-order valence-electron chi connectivity index (χ1n) is 4.06. The number of nitrogens with one attached hydrogen (secondary N) is 1. The van der Waals surface area contributed by atoms with Gasteiger partial charge in [-0.25, -0.2) is 9.89 Å². The van der Waals surface area contributed by atoms with Crippen LogP contribution >= 0.6 is 11.6 Å². The molecule has 1 aromatic carbocycles. The first-order valence-corrected chi connectivity index (χ1v) is 4.43. The van der Waals surface area contributed by atoms with Gasteiger partial charge in [0, 0.05) is 17.6 Å². The van der Waals surface area contributed by atoms with Crippen LogP contribution in [0.4, 0.5) is 0 Å². The van der Waals surface area contributed by atoms with E-state index in [1.165, 1.54) is 4.57 Å². The van der Waals surface area contributed by atoms with E-state index >= 15 is 0 Å². The van der Waals surface area contributed by atoms with Gasteiger partial charge in [-0.1, -0.05) is 11.6 Å². The zero-order chi connectivity index (χ0) is 10.1. The molecule has 2 aromatic rings. The summed E-state index contributed by atoms with van der Waals surface area (Å²) in [7, 11) is 1.66. The van der Waals surface area contributed by atoms with Crippen molar-refractivity contribution in [1.82, 2.24) is 14.8 Å². The zero-order valence-electron chi connectivity index (χ0n) is 7.49. The van der Waals surface area contributed by atoms with Crippen molar-refractivity contribution in [3.8, 4) is 11.4 Å². The predicted molar refractivity (Wildman–Crippen MR) is 54.3 cm³/mol. The molecule has 5 heteroatoms. The van der Waals surface area contributed by atoms with Crippen molar-refractivity contribution in [3.63, 3.8) is 0 Å². The van der Waals surface area contributed by atoms with Gasteiger partial charge in [-0.3, -0.25) is 4.57 Å². The molecule has 0 saturated carbocycles. The third-order valence-corrected chi connectivity index (χ3v) is 2.23. The first kappa shape index (κ1) is 9.02. The molecular weight excluding hydrogens is 202 g/mol. The van der Waals surface area contributed by atoms with E-state index in [-0.39, 0.29) is 5.69 Å². The van der Waals surface area contributed by atoms with Crippen LogP contribution in [0.15, 0.2) is 29.1 Å². The van der Waals surface area contributed by atoms with Crippen LogP contribution in [-0.2, 0) is 7.05 Å². The summed E-state index contributed by atoms with van der Waals surface area (Å²) in [6.07, 6.45) is 0. The number of benzene rings is 1. The van der Waals surface area contributed by atoms with Gasteiger partial charge in [0.2, 0.25) is 0 Å². The Morgan fingerprint density at radius 3 is 2.50 bits per heavy atom. The summed E-state index contributed by atoms with van der Waals surface area (Å²) in [4.78, 5) is 11.1. The maximum absolute atomic E-state index is 11.1. The molecule has 1 N–H and O–H groups in total. The lowest BCUT2D eigenvalue weighted by Gasteiger charge is -1.98. The number of aromatic nitrogens is 3. The number of hydrogen-bond donors (Lipinski definition) is 1. The predicted octanol–water partition coefficient (Wildman–Crippen LogP) is 1.43. The molecule has 0 spiro atoms. The highest BCUT2D eigenvalue weighted by atomic mass is 35.5. The number of rotatable bonds is 1. The molecule has 0 fully saturated rings. The summed E-state index contributed by atoms with van der Waals surface area (Å²) >= 11 is 5.75. The Balaban J connectivity index is 2.55. The summed E-state index contributed by atoms with van der Waals surface area (Å²) in [6, 6.07) is 7.15. The fourth-order valence-corrected chi connectivity index (χ4v) is 1.33. The molecule has 0 bridgehead atoms. The lowest BCUT2D eigenvalue weighted by molar-refractivity contribution is 0.869. The normalized spacial score (nSPS) is 10.4. The van der Waals surface area contributed by atoms with E-state index in [1.54, 1.807) is 19.2 Å². The van der Waals surface area contributed by atoms with E-state index in [2.05, 4.69) is 10.2 Å². The number of aromatic amines is 1. The summed E-state index contributed by atoms with van der Waals surface area (Å²) in [5, 5.41) is 6.93. The Hall–Kier alpha value is -1.55. The molecule has 1 heterocycles. The first-order chi connectivity index (χ1) is 6.68. The van der Waals surface area contributed by atoms with E-state index in [4.69, 9.17) is 11.6 Å². The highest BCUT2D eigenvalue weighted by Crippen LogP contribution is 2.17. The summed E-state index contributed by atoms with van der Waals surface area (Å²) in [5.41, 5.74) is 0.630. The minimum atomic E-state index is -0.227. The van der Waals surface area contributed by atoms with Crippen molar-refractivity contribution in [2.45, 2.75) is 0 Å². The van der Waals surface area contributed by atoms with Crippen LogP contribution in [0.3, 0.4) is 0 Å². The Labute approximate surface area is 85.1 Å². The lowest BCUT2D eigenvalue weighted by Crippen LogP contribution is -2.13.